The largest absolute Gasteiger partial charge is 0.493 e. The van der Waals surface area contributed by atoms with Crippen LogP contribution in [0.2, 0.25) is 5.02 Å². The number of sulfonamides is 1. The molecular weight excluding hydrogens is 374 g/mol. The summed E-state index contributed by atoms with van der Waals surface area (Å²) in [5.41, 5.74) is 0.229. The van der Waals surface area contributed by atoms with Crippen molar-refractivity contribution in [2.45, 2.75) is 4.90 Å². The Kier molecular flexibility index (Phi) is 5.35. The zero-order valence-corrected chi connectivity index (χ0v) is 15.4. The topological polar surface area (TPSA) is 64.6 Å². The predicted octanol–water partition coefficient (Wildman–Crippen LogP) is 4.94. The normalized spacial score (nSPS) is 11.0. The first-order chi connectivity index (χ1) is 12.5. The first kappa shape index (κ1) is 18.1. The molecule has 3 rings (SSSR count). The Morgan fingerprint density at radius 2 is 1.50 bits per heavy atom. The lowest BCUT2D eigenvalue weighted by atomic mass is 10.3. The van der Waals surface area contributed by atoms with Gasteiger partial charge in [-0.3, -0.25) is 4.72 Å². The van der Waals surface area contributed by atoms with E-state index in [4.69, 9.17) is 21.1 Å². The third kappa shape index (κ3) is 4.09. The van der Waals surface area contributed by atoms with Crippen molar-refractivity contribution in [3.63, 3.8) is 0 Å². The lowest BCUT2D eigenvalue weighted by Gasteiger charge is -2.15. The second-order valence-electron chi connectivity index (χ2n) is 5.31. The maximum atomic E-state index is 12.6. The molecule has 0 saturated heterocycles. The summed E-state index contributed by atoms with van der Waals surface area (Å²) in [6.45, 7) is 0. The monoisotopic (exact) mass is 389 g/mol. The molecular formula is C19H16ClNO4S. The van der Waals surface area contributed by atoms with Gasteiger partial charge in [0.25, 0.3) is 10.0 Å². The Bertz CT molecular complexity index is 1010. The Morgan fingerprint density at radius 1 is 0.846 bits per heavy atom. The van der Waals surface area contributed by atoms with E-state index in [1.165, 1.54) is 25.3 Å². The first-order valence-corrected chi connectivity index (χ1v) is 9.54. The number of methoxy groups -OCH3 is 1. The Hall–Kier alpha value is -2.70. The predicted molar refractivity (Wildman–Crippen MR) is 102 cm³/mol. The van der Waals surface area contributed by atoms with Gasteiger partial charge >= 0.3 is 0 Å². The van der Waals surface area contributed by atoms with Gasteiger partial charge in [0.05, 0.1) is 17.7 Å². The third-order valence-electron chi connectivity index (χ3n) is 3.53. The molecule has 0 heterocycles. The summed E-state index contributed by atoms with van der Waals surface area (Å²) >= 11 is 6.04. The Labute approximate surface area is 157 Å². The van der Waals surface area contributed by atoms with Gasteiger partial charge in [0.1, 0.15) is 0 Å². The van der Waals surface area contributed by atoms with Crippen LogP contribution in [0.25, 0.3) is 0 Å². The molecule has 0 saturated carbocycles. The molecule has 3 aromatic carbocycles. The van der Waals surface area contributed by atoms with Gasteiger partial charge in [-0.25, -0.2) is 8.42 Å². The second-order valence-corrected chi connectivity index (χ2v) is 7.43. The van der Waals surface area contributed by atoms with Crippen LogP contribution in [0.15, 0.2) is 77.7 Å². The van der Waals surface area contributed by atoms with Crippen molar-refractivity contribution in [3.8, 4) is 17.2 Å². The van der Waals surface area contributed by atoms with Crippen molar-refractivity contribution in [3.05, 3.63) is 77.8 Å². The van der Waals surface area contributed by atoms with Crippen molar-refractivity contribution in [2.75, 3.05) is 11.8 Å². The Morgan fingerprint density at radius 3 is 2.19 bits per heavy atom. The zero-order valence-electron chi connectivity index (χ0n) is 13.8. The highest BCUT2D eigenvalue weighted by Gasteiger charge is 2.17. The van der Waals surface area contributed by atoms with E-state index in [2.05, 4.69) is 4.72 Å². The van der Waals surface area contributed by atoms with Crippen LogP contribution in [0, 0.1) is 0 Å². The molecule has 0 radical (unpaired) electrons. The molecule has 26 heavy (non-hydrogen) atoms. The molecule has 5 nitrogen and oxygen atoms in total. The van der Waals surface area contributed by atoms with E-state index in [1.54, 1.807) is 48.5 Å². The van der Waals surface area contributed by atoms with Crippen molar-refractivity contribution in [2.24, 2.45) is 0 Å². The molecule has 0 aromatic heterocycles. The minimum atomic E-state index is -3.78. The van der Waals surface area contributed by atoms with Crippen LogP contribution in [0.4, 0.5) is 5.69 Å². The van der Waals surface area contributed by atoms with Gasteiger partial charge in [0.2, 0.25) is 0 Å². The van der Waals surface area contributed by atoms with Crippen LogP contribution in [-0.2, 0) is 10.0 Å². The van der Waals surface area contributed by atoms with Crippen LogP contribution in [0.5, 0.6) is 17.2 Å². The summed E-state index contributed by atoms with van der Waals surface area (Å²) in [4.78, 5) is 0.142. The van der Waals surface area contributed by atoms with Crippen molar-refractivity contribution >= 4 is 27.3 Å². The summed E-state index contributed by atoms with van der Waals surface area (Å²) in [7, 11) is -2.25. The number of rotatable bonds is 6. The minimum Gasteiger partial charge on any atom is -0.493 e. The maximum absolute atomic E-state index is 12.6. The molecule has 0 amide bonds. The number of nitrogens with one attached hydrogen (secondary N) is 1. The fourth-order valence-corrected chi connectivity index (χ4v) is 3.55. The number of para-hydroxylation sites is 2. The van der Waals surface area contributed by atoms with Gasteiger partial charge < -0.3 is 9.47 Å². The smallest absolute Gasteiger partial charge is 0.262 e. The van der Waals surface area contributed by atoms with Gasteiger partial charge in [-0.1, -0.05) is 41.9 Å². The molecule has 0 aliphatic rings. The molecule has 7 heteroatoms. The lowest BCUT2D eigenvalue weighted by molar-refractivity contribution is 0.379. The van der Waals surface area contributed by atoms with Crippen molar-refractivity contribution < 1.29 is 17.9 Å². The summed E-state index contributed by atoms with van der Waals surface area (Å²) in [5.74, 6) is 1.29. The summed E-state index contributed by atoms with van der Waals surface area (Å²) in [5, 5.41) is 0.378. The lowest BCUT2D eigenvalue weighted by Crippen LogP contribution is -2.13. The van der Waals surface area contributed by atoms with Crippen LogP contribution in [0.1, 0.15) is 0 Å². The van der Waals surface area contributed by atoms with Gasteiger partial charge in [0.15, 0.2) is 17.2 Å². The molecule has 0 aliphatic heterocycles. The number of hydrogen-bond acceptors (Lipinski definition) is 4. The van der Waals surface area contributed by atoms with Gasteiger partial charge in [0, 0.05) is 5.02 Å². The molecule has 1 N–H and O–H groups in total. The van der Waals surface area contributed by atoms with E-state index in [-0.39, 0.29) is 10.6 Å². The molecule has 134 valence electrons. The van der Waals surface area contributed by atoms with Gasteiger partial charge in [-0.05, 0) is 42.5 Å². The quantitative estimate of drug-likeness (QED) is 0.648. The average Bonchev–Trinajstić information content (AvgIpc) is 2.65. The van der Waals surface area contributed by atoms with E-state index >= 15 is 0 Å². The van der Waals surface area contributed by atoms with E-state index in [0.717, 1.165) is 0 Å². The van der Waals surface area contributed by atoms with E-state index in [1.807, 2.05) is 6.07 Å². The molecule has 0 bridgehead atoms. The van der Waals surface area contributed by atoms with Crippen molar-refractivity contribution in [1.82, 2.24) is 0 Å². The van der Waals surface area contributed by atoms with E-state index in [0.29, 0.717) is 22.3 Å². The molecule has 0 aliphatic carbocycles. The summed E-state index contributed by atoms with van der Waals surface area (Å²) < 4.78 is 38.9. The highest BCUT2D eigenvalue weighted by atomic mass is 35.5. The van der Waals surface area contributed by atoms with E-state index in [9.17, 15) is 8.42 Å². The number of benzene rings is 3. The maximum Gasteiger partial charge on any atom is 0.262 e. The Balaban J connectivity index is 1.96. The standard InChI is InChI=1S/C19H16ClNO4S/c1-24-18-9-5-6-10-19(18)25-17-12-11-14(20)13-16(17)21-26(22,23)15-7-3-2-4-8-15/h2-13,21H,1H3. The van der Waals surface area contributed by atoms with Crippen LogP contribution < -0.4 is 14.2 Å². The van der Waals surface area contributed by atoms with Gasteiger partial charge in [-0.15, -0.1) is 0 Å². The molecule has 3 aromatic rings. The fourth-order valence-electron chi connectivity index (χ4n) is 2.30. The third-order valence-corrected chi connectivity index (χ3v) is 5.14. The van der Waals surface area contributed by atoms with Crippen LogP contribution in [-0.4, -0.2) is 15.5 Å². The molecule has 0 unspecified atom stereocenters. The molecule has 0 atom stereocenters. The highest BCUT2D eigenvalue weighted by molar-refractivity contribution is 7.92. The van der Waals surface area contributed by atoms with Gasteiger partial charge in [-0.2, -0.15) is 0 Å². The minimum absolute atomic E-state index is 0.142. The number of hydrogen-bond donors (Lipinski definition) is 1. The SMILES string of the molecule is COc1ccccc1Oc1ccc(Cl)cc1NS(=O)(=O)c1ccccc1. The second kappa shape index (κ2) is 7.68. The zero-order chi connectivity index (χ0) is 18.6. The van der Waals surface area contributed by atoms with Crippen LogP contribution >= 0.6 is 11.6 Å². The summed E-state index contributed by atoms with van der Waals surface area (Å²) in [6.07, 6.45) is 0. The average molecular weight is 390 g/mol. The number of halogens is 1. The fraction of sp³-hybridized carbons (Fsp3) is 0.0526. The summed E-state index contributed by atoms with van der Waals surface area (Å²) in [6, 6.07) is 19.8. The first-order valence-electron chi connectivity index (χ1n) is 7.68. The van der Waals surface area contributed by atoms with E-state index < -0.39 is 10.0 Å². The van der Waals surface area contributed by atoms with Crippen LogP contribution in [0.3, 0.4) is 0 Å². The molecule has 0 fully saturated rings. The number of anilines is 1. The molecule has 0 spiro atoms. The van der Waals surface area contributed by atoms with Crippen molar-refractivity contribution in [1.29, 1.82) is 0 Å². The number of ether oxygens (including phenoxy) is 2. The highest BCUT2D eigenvalue weighted by Crippen LogP contribution is 2.37.